The summed E-state index contributed by atoms with van der Waals surface area (Å²) in [6.45, 7) is 3.57. The summed E-state index contributed by atoms with van der Waals surface area (Å²) in [7, 11) is -3.99. The summed E-state index contributed by atoms with van der Waals surface area (Å²) in [5, 5.41) is 2.88. The number of nitrogens with one attached hydrogen (secondary N) is 1. The number of fused-ring (bicyclic) bond motifs is 1. The minimum atomic E-state index is -3.99. The van der Waals surface area contributed by atoms with E-state index in [1.807, 2.05) is 44.2 Å². The Morgan fingerprint density at radius 3 is 2.30 bits per heavy atom. The second-order valence-corrected chi connectivity index (χ2v) is 8.80. The van der Waals surface area contributed by atoms with Gasteiger partial charge in [-0.25, -0.2) is 12.7 Å². The van der Waals surface area contributed by atoms with E-state index in [2.05, 4.69) is 5.32 Å². The van der Waals surface area contributed by atoms with Crippen molar-refractivity contribution in [1.82, 2.24) is 9.62 Å². The molecule has 0 aromatic heterocycles. The van der Waals surface area contributed by atoms with Crippen LogP contribution in [0.1, 0.15) is 42.2 Å². The lowest BCUT2D eigenvalue weighted by Gasteiger charge is -2.23. The van der Waals surface area contributed by atoms with Crippen LogP contribution >= 0.6 is 0 Å². The first-order chi connectivity index (χ1) is 12.8. The van der Waals surface area contributed by atoms with Gasteiger partial charge in [-0.05, 0) is 30.0 Å². The minimum Gasteiger partial charge on any atom is -0.348 e. The van der Waals surface area contributed by atoms with Crippen LogP contribution in [-0.2, 0) is 14.8 Å². The molecule has 0 aliphatic carbocycles. The van der Waals surface area contributed by atoms with Gasteiger partial charge in [-0.3, -0.25) is 9.59 Å². The molecule has 7 heteroatoms. The SMILES string of the molecule is CC(C)C[C@@H](NC(=O)CN1C(=O)c2ccccc2S1(=O)=O)c1ccccc1. The molecule has 2 amide bonds. The first kappa shape index (κ1) is 19.1. The fourth-order valence-electron chi connectivity index (χ4n) is 3.19. The van der Waals surface area contributed by atoms with Gasteiger partial charge in [0, 0.05) is 0 Å². The van der Waals surface area contributed by atoms with Gasteiger partial charge >= 0.3 is 0 Å². The maximum Gasteiger partial charge on any atom is 0.269 e. The molecule has 0 spiro atoms. The van der Waals surface area contributed by atoms with Gasteiger partial charge in [-0.1, -0.05) is 56.3 Å². The quantitative estimate of drug-likeness (QED) is 0.827. The highest BCUT2D eigenvalue weighted by atomic mass is 32.2. The molecule has 0 saturated carbocycles. The highest BCUT2D eigenvalue weighted by Crippen LogP contribution is 2.29. The van der Waals surface area contributed by atoms with Crippen molar-refractivity contribution in [3.63, 3.8) is 0 Å². The monoisotopic (exact) mass is 386 g/mol. The van der Waals surface area contributed by atoms with Gasteiger partial charge in [0.2, 0.25) is 5.91 Å². The van der Waals surface area contributed by atoms with E-state index >= 15 is 0 Å². The van der Waals surface area contributed by atoms with Crippen molar-refractivity contribution in [2.24, 2.45) is 5.92 Å². The third-order valence-corrected chi connectivity index (χ3v) is 6.23. The van der Waals surface area contributed by atoms with Crippen LogP contribution in [0.2, 0.25) is 0 Å². The predicted octanol–water partition coefficient (Wildman–Crippen LogP) is 2.73. The molecular formula is C20H22N2O4S. The van der Waals surface area contributed by atoms with Crippen molar-refractivity contribution in [2.75, 3.05) is 6.54 Å². The van der Waals surface area contributed by atoms with Gasteiger partial charge in [-0.15, -0.1) is 0 Å². The summed E-state index contributed by atoms with van der Waals surface area (Å²) in [5.41, 5.74) is 1.05. The molecule has 1 aliphatic heterocycles. The summed E-state index contributed by atoms with van der Waals surface area (Å²) in [4.78, 5) is 25.0. The summed E-state index contributed by atoms with van der Waals surface area (Å²) >= 11 is 0. The Bertz CT molecular complexity index is 955. The third-order valence-electron chi connectivity index (χ3n) is 4.44. The number of carbonyl (C=O) groups is 2. The molecule has 0 bridgehead atoms. The van der Waals surface area contributed by atoms with Crippen molar-refractivity contribution in [1.29, 1.82) is 0 Å². The average molecular weight is 386 g/mol. The molecule has 2 aromatic rings. The number of hydrogen-bond donors (Lipinski definition) is 1. The Hall–Kier alpha value is -2.67. The van der Waals surface area contributed by atoms with Crippen LogP contribution in [0, 0.1) is 5.92 Å². The molecular weight excluding hydrogens is 364 g/mol. The summed E-state index contributed by atoms with van der Waals surface area (Å²) < 4.78 is 25.8. The fraction of sp³-hybridized carbons (Fsp3) is 0.300. The van der Waals surface area contributed by atoms with E-state index in [1.165, 1.54) is 12.1 Å². The molecule has 1 heterocycles. The Morgan fingerprint density at radius 1 is 1.04 bits per heavy atom. The maximum atomic E-state index is 12.6. The third kappa shape index (κ3) is 3.88. The van der Waals surface area contributed by atoms with E-state index in [0.717, 1.165) is 5.56 Å². The number of nitrogens with zero attached hydrogens (tertiary/aromatic N) is 1. The van der Waals surface area contributed by atoms with Gasteiger partial charge in [0.25, 0.3) is 15.9 Å². The number of carbonyl (C=O) groups excluding carboxylic acids is 2. The van der Waals surface area contributed by atoms with E-state index < -0.39 is 28.4 Å². The zero-order chi connectivity index (χ0) is 19.6. The zero-order valence-corrected chi connectivity index (χ0v) is 16.1. The Labute approximate surface area is 159 Å². The van der Waals surface area contributed by atoms with Crippen LogP contribution < -0.4 is 5.32 Å². The predicted molar refractivity (Wildman–Crippen MR) is 101 cm³/mol. The molecule has 0 radical (unpaired) electrons. The van der Waals surface area contributed by atoms with Gasteiger partial charge in [0.1, 0.15) is 11.4 Å². The highest BCUT2D eigenvalue weighted by molar-refractivity contribution is 7.90. The molecule has 6 nitrogen and oxygen atoms in total. The van der Waals surface area contributed by atoms with E-state index in [4.69, 9.17) is 0 Å². The number of benzene rings is 2. The van der Waals surface area contributed by atoms with Crippen molar-refractivity contribution in [3.05, 3.63) is 65.7 Å². The molecule has 2 aromatic carbocycles. The summed E-state index contributed by atoms with van der Waals surface area (Å²) in [6.07, 6.45) is 0.705. The second kappa shape index (κ2) is 7.52. The number of amides is 2. The molecule has 0 saturated heterocycles. The van der Waals surface area contributed by atoms with Crippen molar-refractivity contribution >= 4 is 21.8 Å². The fourth-order valence-corrected chi connectivity index (χ4v) is 4.72. The lowest BCUT2D eigenvalue weighted by Crippen LogP contribution is -2.41. The second-order valence-electron chi connectivity index (χ2n) is 6.97. The lowest BCUT2D eigenvalue weighted by molar-refractivity contribution is -0.121. The van der Waals surface area contributed by atoms with Gasteiger partial charge in [0.15, 0.2) is 0 Å². The van der Waals surface area contributed by atoms with Gasteiger partial charge < -0.3 is 5.32 Å². The lowest BCUT2D eigenvalue weighted by atomic mass is 9.97. The molecule has 3 rings (SSSR count). The number of hydrogen-bond acceptors (Lipinski definition) is 4. The maximum absolute atomic E-state index is 12.6. The smallest absolute Gasteiger partial charge is 0.269 e. The summed E-state index contributed by atoms with van der Waals surface area (Å²) in [5.74, 6) is -0.841. The molecule has 0 fully saturated rings. The molecule has 1 atom stereocenters. The first-order valence-electron chi connectivity index (χ1n) is 8.81. The highest BCUT2D eigenvalue weighted by Gasteiger charge is 2.41. The van der Waals surface area contributed by atoms with Crippen LogP contribution in [0.25, 0.3) is 0 Å². The van der Waals surface area contributed by atoms with E-state index in [-0.39, 0.29) is 16.5 Å². The van der Waals surface area contributed by atoms with Gasteiger partial charge in [-0.2, -0.15) is 0 Å². The molecule has 0 unspecified atom stereocenters. The molecule has 1 N–H and O–H groups in total. The van der Waals surface area contributed by atoms with Crippen LogP contribution in [0.4, 0.5) is 0 Å². The van der Waals surface area contributed by atoms with Crippen molar-refractivity contribution < 1.29 is 18.0 Å². The van der Waals surface area contributed by atoms with Gasteiger partial charge in [0.05, 0.1) is 11.6 Å². The van der Waals surface area contributed by atoms with Crippen molar-refractivity contribution in [2.45, 2.75) is 31.2 Å². The topological polar surface area (TPSA) is 83.6 Å². The number of sulfonamides is 1. The Kier molecular flexibility index (Phi) is 5.32. The molecule has 142 valence electrons. The standard InChI is InChI=1S/C20H22N2O4S/c1-14(2)12-17(15-8-4-3-5-9-15)21-19(23)13-22-20(24)16-10-6-7-11-18(16)27(22,25)26/h3-11,14,17H,12-13H2,1-2H3,(H,21,23)/t17-/m1/s1. The molecule has 1 aliphatic rings. The van der Waals surface area contributed by atoms with Crippen LogP contribution in [0.15, 0.2) is 59.5 Å². The Morgan fingerprint density at radius 2 is 1.67 bits per heavy atom. The van der Waals surface area contributed by atoms with Crippen LogP contribution in [0.3, 0.4) is 0 Å². The Balaban J connectivity index is 1.78. The zero-order valence-electron chi connectivity index (χ0n) is 15.3. The van der Waals surface area contributed by atoms with Crippen molar-refractivity contribution in [3.8, 4) is 0 Å². The first-order valence-corrected chi connectivity index (χ1v) is 10.2. The van der Waals surface area contributed by atoms with E-state index in [1.54, 1.807) is 12.1 Å². The number of rotatable bonds is 6. The average Bonchev–Trinajstić information content (AvgIpc) is 2.83. The molecule has 27 heavy (non-hydrogen) atoms. The largest absolute Gasteiger partial charge is 0.348 e. The van der Waals surface area contributed by atoms with Crippen LogP contribution in [-0.4, -0.2) is 31.1 Å². The minimum absolute atomic E-state index is 0.0513. The van der Waals surface area contributed by atoms with E-state index in [0.29, 0.717) is 16.6 Å². The normalized spacial score (nSPS) is 16.3. The van der Waals surface area contributed by atoms with Crippen LogP contribution in [0.5, 0.6) is 0 Å². The summed E-state index contributed by atoms with van der Waals surface area (Å²) in [6, 6.07) is 15.3. The van der Waals surface area contributed by atoms with E-state index in [9.17, 15) is 18.0 Å².